The van der Waals surface area contributed by atoms with Crippen molar-refractivity contribution in [2.45, 2.75) is 6.92 Å². The van der Waals surface area contributed by atoms with Gasteiger partial charge in [-0.1, -0.05) is 15.9 Å². The second-order valence-corrected chi connectivity index (χ2v) is 4.46. The number of rotatable bonds is 3. The molecule has 0 aliphatic rings. The molecule has 0 amide bonds. The van der Waals surface area contributed by atoms with Crippen LogP contribution in [0.15, 0.2) is 34.9 Å². The summed E-state index contributed by atoms with van der Waals surface area (Å²) in [5, 5.41) is 6.14. The third kappa shape index (κ3) is 2.94. The van der Waals surface area contributed by atoms with Crippen molar-refractivity contribution in [1.82, 2.24) is 9.97 Å². The van der Waals surface area contributed by atoms with Crippen LogP contribution in [0, 0.1) is 6.92 Å². The van der Waals surface area contributed by atoms with Crippen LogP contribution in [0.3, 0.4) is 0 Å². The highest BCUT2D eigenvalue weighted by molar-refractivity contribution is 9.10. The summed E-state index contributed by atoms with van der Waals surface area (Å²) in [4.78, 5) is 8.36. The van der Waals surface area contributed by atoms with Gasteiger partial charge in [0.05, 0.1) is 0 Å². The summed E-state index contributed by atoms with van der Waals surface area (Å²) in [6.07, 6.45) is 1.72. The van der Waals surface area contributed by atoms with E-state index in [-0.39, 0.29) is 0 Å². The Morgan fingerprint density at radius 1 is 1.24 bits per heavy atom. The molecule has 0 saturated heterocycles. The maximum atomic E-state index is 4.29. The van der Waals surface area contributed by atoms with E-state index in [0.29, 0.717) is 5.95 Å². The van der Waals surface area contributed by atoms with Gasteiger partial charge in [-0.25, -0.2) is 4.98 Å². The van der Waals surface area contributed by atoms with Gasteiger partial charge in [-0.2, -0.15) is 4.98 Å². The van der Waals surface area contributed by atoms with E-state index in [1.165, 1.54) is 5.56 Å². The quantitative estimate of drug-likeness (QED) is 0.911. The highest BCUT2D eigenvalue weighted by Gasteiger charge is 2.00. The minimum absolute atomic E-state index is 0.601. The van der Waals surface area contributed by atoms with Gasteiger partial charge in [0.1, 0.15) is 5.82 Å². The van der Waals surface area contributed by atoms with Crippen LogP contribution in [0.5, 0.6) is 0 Å². The van der Waals surface area contributed by atoms with Crippen LogP contribution in [0.2, 0.25) is 0 Å². The minimum Gasteiger partial charge on any atom is -0.357 e. The predicted molar refractivity (Wildman–Crippen MR) is 73.7 cm³/mol. The fourth-order valence-electron chi connectivity index (χ4n) is 1.42. The minimum atomic E-state index is 0.601. The molecule has 0 saturated carbocycles. The second kappa shape index (κ2) is 5.14. The van der Waals surface area contributed by atoms with E-state index in [4.69, 9.17) is 0 Å². The Hall–Kier alpha value is -1.62. The Morgan fingerprint density at radius 3 is 2.76 bits per heavy atom. The summed E-state index contributed by atoms with van der Waals surface area (Å²) in [5.74, 6) is 1.37. The van der Waals surface area contributed by atoms with Crippen molar-refractivity contribution in [1.29, 1.82) is 0 Å². The summed E-state index contributed by atoms with van der Waals surface area (Å²) in [5.41, 5.74) is 2.18. The molecular formula is C12H13BrN4. The Morgan fingerprint density at radius 2 is 2.06 bits per heavy atom. The van der Waals surface area contributed by atoms with Gasteiger partial charge in [0, 0.05) is 23.4 Å². The standard InChI is InChI=1S/C12H13BrN4/c1-8-7-9(3-4-10(8)13)16-11-5-6-15-12(14-2)17-11/h3-7H,1-2H3,(H2,14,15,16,17). The summed E-state index contributed by atoms with van der Waals surface area (Å²) in [7, 11) is 1.79. The van der Waals surface area contributed by atoms with Crippen molar-refractivity contribution in [2.24, 2.45) is 0 Å². The lowest BCUT2D eigenvalue weighted by Gasteiger charge is -2.08. The van der Waals surface area contributed by atoms with Crippen molar-refractivity contribution in [3.05, 3.63) is 40.5 Å². The third-order valence-corrected chi connectivity index (χ3v) is 3.20. The molecule has 0 bridgehead atoms. The van der Waals surface area contributed by atoms with Crippen LogP contribution in [0.4, 0.5) is 17.5 Å². The third-order valence-electron chi connectivity index (χ3n) is 2.31. The molecule has 17 heavy (non-hydrogen) atoms. The summed E-state index contributed by atoms with van der Waals surface area (Å²) in [6.45, 7) is 2.05. The number of aromatic nitrogens is 2. The number of benzene rings is 1. The Bertz CT molecular complexity index is 528. The number of anilines is 3. The van der Waals surface area contributed by atoms with Gasteiger partial charge >= 0.3 is 0 Å². The van der Waals surface area contributed by atoms with Crippen molar-refractivity contribution >= 4 is 33.4 Å². The average Bonchev–Trinajstić information content (AvgIpc) is 2.34. The molecule has 1 aromatic carbocycles. The molecule has 0 fully saturated rings. The van der Waals surface area contributed by atoms with Gasteiger partial charge in [-0.05, 0) is 36.8 Å². The van der Waals surface area contributed by atoms with E-state index in [9.17, 15) is 0 Å². The lowest BCUT2D eigenvalue weighted by Crippen LogP contribution is -1.99. The van der Waals surface area contributed by atoms with Gasteiger partial charge in [0.15, 0.2) is 0 Å². The zero-order chi connectivity index (χ0) is 12.3. The summed E-state index contributed by atoms with van der Waals surface area (Å²) < 4.78 is 1.10. The van der Waals surface area contributed by atoms with E-state index in [0.717, 1.165) is 16.0 Å². The van der Waals surface area contributed by atoms with Crippen LogP contribution in [-0.4, -0.2) is 17.0 Å². The molecule has 2 aromatic rings. The van der Waals surface area contributed by atoms with Gasteiger partial charge in [0.2, 0.25) is 5.95 Å². The molecule has 1 heterocycles. The molecule has 0 aliphatic carbocycles. The number of hydrogen-bond acceptors (Lipinski definition) is 4. The summed E-state index contributed by atoms with van der Waals surface area (Å²) in [6, 6.07) is 7.90. The van der Waals surface area contributed by atoms with Gasteiger partial charge in [0.25, 0.3) is 0 Å². The molecule has 5 heteroatoms. The number of nitrogens with one attached hydrogen (secondary N) is 2. The van der Waals surface area contributed by atoms with Crippen molar-refractivity contribution < 1.29 is 0 Å². The number of halogens is 1. The number of aryl methyl sites for hydroxylation is 1. The second-order valence-electron chi connectivity index (χ2n) is 3.60. The van der Waals surface area contributed by atoms with Crippen molar-refractivity contribution in [2.75, 3.05) is 17.7 Å². The van der Waals surface area contributed by atoms with Crippen molar-refractivity contribution in [3.63, 3.8) is 0 Å². The van der Waals surface area contributed by atoms with E-state index in [2.05, 4.69) is 42.6 Å². The molecule has 0 radical (unpaired) electrons. The van der Waals surface area contributed by atoms with Gasteiger partial charge < -0.3 is 10.6 Å². The molecule has 4 nitrogen and oxygen atoms in total. The highest BCUT2D eigenvalue weighted by Crippen LogP contribution is 2.22. The molecule has 2 rings (SSSR count). The zero-order valence-electron chi connectivity index (χ0n) is 9.66. The largest absolute Gasteiger partial charge is 0.357 e. The fourth-order valence-corrected chi connectivity index (χ4v) is 1.67. The smallest absolute Gasteiger partial charge is 0.224 e. The topological polar surface area (TPSA) is 49.8 Å². The first-order valence-electron chi connectivity index (χ1n) is 5.23. The Labute approximate surface area is 109 Å². The first kappa shape index (κ1) is 11.9. The maximum Gasteiger partial charge on any atom is 0.224 e. The SMILES string of the molecule is CNc1nccc(Nc2ccc(Br)c(C)c2)n1. The maximum absolute atomic E-state index is 4.29. The predicted octanol–water partition coefficient (Wildman–Crippen LogP) is 3.33. The van der Waals surface area contributed by atoms with Crippen LogP contribution in [0.1, 0.15) is 5.56 Å². The van der Waals surface area contributed by atoms with Gasteiger partial charge in [-0.3, -0.25) is 0 Å². The lowest BCUT2D eigenvalue weighted by molar-refractivity contribution is 1.15. The van der Waals surface area contributed by atoms with Crippen LogP contribution in [-0.2, 0) is 0 Å². The monoisotopic (exact) mass is 292 g/mol. The number of nitrogens with zero attached hydrogens (tertiary/aromatic N) is 2. The van der Waals surface area contributed by atoms with Crippen LogP contribution < -0.4 is 10.6 Å². The fraction of sp³-hybridized carbons (Fsp3) is 0.167. The Balaban J connectivity index is 2.22. The first-order chi connectivity index (χ1) is 8.19. The van der Waals surface area contributed by atoms with E-state index >= 15 is 0 Å². The molecule has 2 N–H and O–H groups in total. The molecule has 0 atom stereocenters. The lowest BCUT2D eigenvalue weighted by atomic mass is 10.2. The van der Waals surface area contributed by atoms with Gasteiger partial charge in [-0.15, -0.1) is 0 Å². The van der Waals surface area contributed by atoms with Crippen molar-refractivity contribution in [3.8, 4) is 0 Å². The molecule has 1 aromatic heterocycles. The van der Waals surface area contributed by atoms with Crippen LogP contribution in [0.25, 0.3) is 0 Å². The molecule has 88 valence electrons. The van der Waals surface area contributed by atoms with E-state index < -0.39 is 0 Å². The molecule has 0 unspecified atom stereocenters. The molecule has 0 aliphatic heterocycles. The molecular weight excluding hydrogens is 280 g/mol. The average molecular weight is 293 g/mol. The van der Waals surface area contributed by atoms with E-state index in [1.807, 2.05) is 25.1 Å². The number of hydrogen-bond donors (Lipinski definition) is 2. The highest BCUT2D eigenvalue weighted by atomic mass is 79.9. The first-order valence-corrected chi connectivity index (χ1v) is 6.02. The zero-order valence-corrected chi connectivity index (χ0v) is 11.2. The normalized spacial score (nSPS) is 10.1. The van der Waals surface area contributed by atoms with Crippen LogP contribution >= 0.6 is 15.9 Å². The molecule has 0 spiro atoms. The van der Waals surface area contributed by atoms with E-state index in [1.54, 1.807) is 13.2 Å². The Kier molecular flexibility index (Phi) is 3.58. The summed E-state index contributed by atoms with van der Waals surface area (Å²) >= 11 is 3.47.